The third kappa shape index (κ3) is 3.73. The number of hydrogen-bond donors (Lipinski definition) is 1. The van der Waals surface area contributed by atoms with Crippen molar-refractivity contribution in [3.8, 4) is 5.75 Å². The van der Waals surface area contributed by atoms with Crippen LogP contribution in [0, 0.1) is 13.8 Å². The fraction of sp³-hybridized carbons (Fsp3) is 0.286. The highest BCUT2D eigenvalue weighted by Gasteiger charge is 2.18. The molecule has 2 rings (SSSR count). The van der Waals surface area contributed by atoms with E-state index in [0.717, 1.165) is 0 Å². The summed E-state index contributed by atoms with van der Waals surface area (Å²) in [5.41, 5.74) is 1.11. The lowest BCUT2D eigenvalue weighted by Crippen LogP contribution is -2.24. The first-order valence-corrected chi connectivity index (χ1v) is 6.70. The molecule has 118 valence electrons. The first-order chi connectivity index (χ1) is 10.4. The molecule has 0 aliphatic carbocycles. The van der Waals surface area contributed by atoms with Gasteiger partial charge in [-0.05, 0) is 32.0 Å². The number of alkyl halides is 2. The average Bonchev–Trinajstić information content (AvgIpc) is 2.77. The van der Waals surface area contributed by atoms with Crippen molar-refractivity contribution < 1.29 is 22.8 Å². The smallest absolute Gasteiger partial charge is 0.387 e. The molecule has 2 aromatic rings. The summed E-state index contributed by atoms with van der Waals surface area (Å²) in [5.74, 6) is -0.0807. The van der Waals surface area contributed by atoms with Gasteiger partial charge in [0.25, 0.3) is 5.91 Å². The summed E-state index contributed by atoms with van der Waals surface area (Å²) >= 11 is 5.84. The largest absolute Gasteiger partial charge is 0.434 e. The minimum Gasteiger partial charge on any atom is -0.434 e. The first kappa shape index (κ1) is 16.2. The lowest BCUT2D eigenvalue weighted by molar-refractivity contribution is -0.0504. The van der Waals surface area contributed by atoms with Crippen molar-refractivity contribution in [2.75, 3.05) is 0 Å². The average molecular weight is 331 g/mol. The third-order valence-corrected chi connectivity index (χ3v) is 3.17. The van der Waals surface area contributed by atoms with Crippen LogP contribution >= 0.6 is 11.6 Å². The lowest BCUT2D eigenvalue weighted by Gasteiger charge is -2.12. The number of aryl methyl sites for hydroxylation is 2. The van der Waals surface area contributed by atoms with Gasteiger partial charge >= 0.3 is 6.61 Å². The minimum atomic E-state index is -2.96. The summed E-state index contributed by atoms with van der Waals surface area (Å²) in [6.07, 6.45) is 0. The van der Waals surface area contributed by atoms with E-state index in [4.69, 9.17) is 16.1 Å². The van der Waals surface area contributed by atoms with Gasteiger partial charge in [0.2, 0.25) is 0 Å². The van der Waals surface area contributed by atoms with Crippen LogP contribution in [0.1, 0.15) is 27.4 Å². The van der Waals surface area contributed by atoms with Crippen molar-refractivity contribution in [1.82, 2.24) is 10.5 Å². The Morgan fingerprint density at radius 3 is 2.77 bits per heavy atom. The molecular formula is C14H13ClF2N2O3. The topological polar surface area (TPSA) is 64.4 Å². The molecule has 22 heavy (non-hydrogen) atoms. The van der Waals surface area contributed by atoms with Crippen molar-refractivity contribution in [2.24, 2.45) is 0 Å². The van der Waals surface area contributed by atoms with Gasteiger partial charge in [-0.25, -0.2) is 0 Å². The van der Waals surface area contributed by atoms with Gasteiger partial charge in [0, 0.05) is 17.1 Å². The normalized spacial score (nSPS) is 10.8. The molecule has 0 saturated heterocycles. The Labute approximate surface area is 130 Å². The number of amides is 1. The summed E-state index contributed by atoms with van der Waals surface area (Å²) in [6, 6.07) is 4.21. The number of carbonyl (C=O) groups is 1. The van der Waals surface area contributed by atoms with Crippen LogP contribution in [-0.4, -0.2) is 17.7 Å². The van der Waals surface area contributed by atoms with Crippen LogP contribution in [-0.2, 0) is 6.54 Å². The molecule has 1 heterocycles. The van der Waals surface area contributed by atoms with Crippen LogP contribution in [0.2, 0.25) is 5.02 Å². The predicted molar refractivity (Wildman–Crippen MR) is 75.2 cm³/mol. The SMILES string of the molecule is Cc1noc(C)c1C(=O)NCc1cc(Cl)ccc1OC(F)F. The summed E-state index contributed by atoms with van der Waals surface area (Å²) in [6.45, 7) is 0.263. The van der Waals surface area contributed by atoms with Crippen molar-refractivity contribution in [1.29, 1.82) is 0 Å². The summed E-state index contributed by atoms with van der Waals surface area (Å²) in [5, 5.41) is 6.63. The third-order valence-electron chi connectivity index (χ3n) is 2.94. The molecule has 0 spiro atoms. The molecule has 0 radical (unpaired) electrons. The molecule has 0 saturated carbocycles. The van der Waals surface area contributed by atoms with Crippen LogP contribution in [0.15, 0.2) is 22.7 Å². The van der Waals surface area contributed by atoms with E-state index in [2.05, 4.69) is 15.2 Å². The fourth-order valence-electron chi connectivity index (χ4n) is 1.97. The number of carbonyl (C=O) groups excluding carboxylic acids is 1. The zero-order chi connectivity index (χ0) is 16.3. The van der Waals surface area contributed by atoms with Crippen LogP contribution in [0.25, 0.3) is 0 Å². The first-order valence-electron chi connectivity index (χ1n) is 6.32. The second-order valence-electron chi connectivity index (χ2n) is 4.51. The number of nitrogens with one attached hydrogen (secondary N) is 1. The summed E-state index contributed by atoms with van der Waals surface area (Å²) in [7, 11) is 0. The highest BCUT2D eigenvalue weighted by atomic mass is 35.5. The van der Waals surface area contributed by atoms with Crippen molar-refractivity contribution in [3.63, 3.8) is 0 Å². The quantitative estimate of drug-likeness (QED) is 0.911. The molecule has 1 N–H and O–H groups in total. The highest BCUT2D eigenvalue weighted by molar-refractivity contribution is 6.30. The molecule has 0 fully saturated rings. The predicted octanol–water partition coefficient (Wildman–Crippen LogP) is 3.48. The Bertz CT molecular complexity index is 669. The van der Waals surface area contributed by atoms with Crippen LogP contribution < -0.4 is 10.1 Å². The Kier molecular flexibility index (Phi) is 4.97. The van der Waals surface area contributed by atoms with E-state index in [1.807, 2.05) is 0 Å². The van der Waals surface area contributed by atoms with Crippen LogP contribution in [0.3, 0.4) is 0 Å². The number of benzene rings is 1. The number of nitrogens with zero attached hydrogens (tertiary/aromatic N) is 1. The van der Waals surface area contributed by atoms with E-state index < -0.39 is 12.5 Å². The van der Waals surface area contributed by atoms with Gasteiger partial charge in [0.15, 0.2) is 0 Å². The molecule has 0 atom stereocenters. The minimum absolute atomic E-state index is 0.0223. The molecule has 1 aromatic heterocycles. The van der Waals surface area contributed by atoms with Crippen molar-refractivity contribution in [3.05, 3.63) is 45.8 Å². The molecule has 8 heteroatoms. The molecule has 1 aromatic carbocycles. The summed E-state index contributed by atoms with van der Waals surface area (Å²) < 4.78 is 34.0. The maximum atomic E-state index is 12.4. The van der Waals surface area contributed by atoms with Gasteiger partial charge in [0.05, 0.1) is 5.69 Å². The fourth-order valence-corrected chi connectivity index (χ4v) is 2.16. The molecular weight excluding hydrogens is 318 g/mol. The van der Waals surface area contributed by atoms with Crippen LogP contribution in [0.5, 0.6) is 5.75 Å². The number of halogens is 3. The van der Waals surface area contributed by atoms with E-state index in [0.29, 0.717) is 27.6 Å². The maximum Gasteiger partial charge on any atom is 0.387 e. The van der Waals surface area contributed by atoms with E-state index >= 15 is 0 Å². The maximum absolute atomic E-state index is 12.4. The molecule has 0 bridgehead atoms. The summed E-state index contributed by atoms with van der Waals surface area (Å²) in [4.78, 5) is 12.1. The monoisotopic (exact) mass is 330 g/mol. The van der Waals surface area contributed by atoms with Gasteiger partial charge in [0.1, 0.15) is 17.1 Å². The second-order valence-corrected chi connectivity index (χ2v) is 4.95. The Balaban J connectivity index is 2.14. The molecule has 0 unspecified atom stereocenters. The molecule has 5 nitrogen and oxygen atoms in total. The lowest BCUT2D eigenvalue weighted by atomic mass is 10.1. The highest BCUT2D eigenvalue weighted by Crippen LogP contribution is 2.24. The molecule has 1 amide bonds. The van der Waals surface area contributed by atoms with Gasteiger partial charge in [-0.1, -0.05) is 16.8 Å². The van der Waals surface area contributed by atoms with Gasteiger partial charge in [-0.2, -0.15) is 8.78 Å². The number of ether oxygens (including phenoxy) is 1. The van der Waals surface area contributed by atoms with Crippen LogP contribution in [0.4, 0.5) is 8.78 Å². The van der Waals surface area contributed by atoms with Gasteiger partial charge < -0.3 is 14.6 Å². The second kappa shape index (κ2) is 6.74. The molecule has 0 aliphatic rings. The zero-order valence-electron chi connectivity index (χ0n) is 11.8. The van der Waals surface area contributed by atoms with E-state index in [1.165, 1.54) is 18.2 Å². The number of rotatable bonds is 5. The number of aromatic nitrogens is 1. The van der Waals surface area contributed by atoms with Gasteiger partial charge in [-0.3, -0.25) is 4.79 Å². The Morgan fingerprint density at radius 2 is 2.18 bits per heavy atom. The van der Waals surface area contributed by atoms with E-state index in [1.54, 1.807) is 13.8 Å². The Morgan fingerprint density at radius 1 is 1.45 bits per heavy atom. The van der Waals surface area contributed by atoms with E-state index in [9.17, 15) is 13.6 Å². The molecule has 0 aliphatic heterocycles. The Hall–Kier alpha value is -2.15. The standard InChI is InChI=1S/C14H13ClF2N2O3/c1-7-12(8(2)22-19-7)13(20)18-6-9-5-10(15)3-4-11(9)21-14(16)17/h3-5,14H,6H2,1-2H3,(H,18,20). The zero-order valence-corrected chi connectivity index (χ0v) is 12.6. The van der Waals surface area contributed by atoms with Gasteiger partial charge in [-0.15, -0.1) is 0 Å². The van der Waals surface area contributed by atoms with Crippen molar-refractivity contribution >= 4 is 17.5 Å². The van der Waals surface area contributed by atoms with Crippen molar-refractivity contribution in [2.45, 2.75) is 27.0 Å². The van der Waals surface area contributed by atoms with E-state index in [-0.39, 0.29) is 12.3 Å². The number of hydrogen-bond acceptors (Lipinski definition) is 4.